The van der Waals surface area contributed by atoms with Crippen LogP contribution in [0.15, 0.2) is 12.1 Å². The van der Waals surface area contributed by atoms with Crippen LogP contribution in [0.5, 0.6) is 5.75 Å². The van der Waals surface area contributed by atoms with E-state index in [9.17, 15) is 9.50 Å². The van der Waals surface area contributed by atoms with Gasteiger partial charge in [-0.1, -0.05) is 0 Å². The van der Waals surface area contributed by atoms with Crippen LogP contribution in [0, 0.1) is 12.7 Å². The van der Waals surface area contributed by atoms with E-state index in [1.165, 1.54) is 20.1 Å². The molecule has 1 aromatic rings. The molecule has 0 aliphatic rings. The number of hydrogen-bond donors (Lipinski definition) is 1. The van der Waals surface area contributed by atoms with Crippen molar-refractivity contribution in [1.82, 2.24) is 0 Å². The summed E-state index contributed by atoms with van der Waals surface area (Å²) in [5.74, 6) is -0.0284. The second-order valence-electron chi connectivity index (χ2n) is 3.04. The van der Waals surface area contributed by atoms with Crippen molar-refractivity contribution in [3.8, 4) is 5.75 Å². The van der Waals surface area contributed by atoms with Crippen LogP contribution in [0.3, 0.4) is 0 Å². The summed E-state index contributed by atoms with van der Waals surface area (Å²) in [6, 6.07) is 3.08. The molecule has 0 saturated heterocycles. The number of halogens is 1. The van der Waals surface area contributed by atoms with E-state index in [-0.39, 0.29) is 5.56 Å². The molecule has 3 heteroatoms. The second kappa shape index (κ2) is 3.75. The molecule has 0 aromatic heterocycles. The first-order valence-electron chi connectivity index (χ1n) is 4.08. The van der Waals surface area contributed by atoms with Gasteiger partial charge in [0.25, 0.3) is 0 Å². The molecule has 0 unspecified atom stereocenters. The molecule has 13 heavy (non-hydrogen) atoms. The number of aliphatic hydroxyl groups is 1. The first kappa shape index (κ1) is 9.99. The fraction of sp³-hybridized carbons (Fsp3) is 0.400. The molecule has 0 aliphatic heterocycles. The fourth-order valence-corrected chi connectivity index (χ4v) is 1.30. The van der Waals surface area contributed by atoms with Crippen LogP contribution in [-0.2, 0) is 0 Å². The molecule has 0 bridgehead atoms. The van der Waals surface area contributed by atoms with E-state index in [0.717, 1.165) is 5.56 Å². The fourth-order valence-electron chi connectivity index (χ4n) is 1.30. The third-order valence-corrected chi connectivity index (χ3v) is 1.87. The number of aryl methyl sites for hydroxylation is 1. The van der Waals surface area contributed by atoms with Crippen LogP contribution in [-0.4, -0.2) is 12.2 Å². The molecule has 0 heterocycles. The van der Waals surface area contributed by atoms with E-state index in [1.54, 1.807) is 13.0 Å². The smallest absolute Gasteiger partial charge is 0.132 e. The number of hydrogen-bond acceptors (Lipinski definition) is 2. The highest BCUT2D eigenvalue weighted by atomic mass is 19.1. The van der Waals surface area contributed by atoms with Gasteiger partial charge >= 0.3 is 0 Å². The summed E-state index contributed by atoms with van der Waals surface area (Å²) >= 11 is 0. The minimum Gasteiger partial charge on any atom is -0.496 e. The van der Waals surface area contributed by atoms with Gasteiger partial charge in [0.2, 0.25) is 0 Å². The molecular weight excluding hydrogens is 171 g/mol. The zero-order chi connectivity index (χ0) is 10.0. The average molecular weight is 184 g/mol. The SMILES string of the molecule is COc1cc(C)cc(F)c1[C@H](C)O. The van der Waals surface area contributed by atoms with E-state index in [0.29, 0.717) is 5.75 Å². The van der Waals surface area contributed by atoms with Gasteiger partial charge in [0.15, 0.2) is 0 Å². The molecule has 0 aliphatic carbocycles. The highest BCUT2D eigenvalue weighted by Crippen LogP contribution is 2.28. The predicted octanol–water partition coefficient (Wildman–Crippen LogP) is 2.20. The van der Waals surface area contributed by atoms with Crippen LogP contribution in [0.25, 0.3) is 0 Å². The van der Waals surface area contributed by atoms with Crippen LogP contribution in [0.1, 0.15) is 24.2 Å². The first-order valence-corrected chi connectivity index (χ1v) is 4.08. The van der Waals surface area contributed by atoms with Crippen molar-refractivity contribution in [3.05, 3.63) is 29.1 Å². The summed E-state index contributed by atoms with van der Waals surface area (Å²) in [5, 5.41) is 9.29. The molecule has 0 radical (unpaired) electrons. The molecule has 0 spiro atoms. The normalized spacial score (nSPS) is 12.7. The number of methoxy groups -OCH3 is 1. The Morgan fingerprint density at radius 3 is 2.54 bits per heavy atom. The van der Waals surface area contributed by atoms with Crippen molar-refractivity contribution in [1.29, 1.82) is 0 Å². The number of benzene rings is 1. The van der Waals surface area contributed by atoms with Crippen molar-refractivity contribution in [2.24, 2.45) is 0 Å². The van der Waals surface area contributed by atoms with E-state index in [4.69, 9.17) is 4.74 Å². The minimum atomic E-state index is -0.851. The van der Waals surface area contributed by atoms with E-state index < -0.39 is 11.9 Å². The lowest BCUT2D eigenvalue weighted by atomic mass is 10.1. The lowest BCUT2D eigenvalue weighted by Gasteiger charge is -2.12. The Morgan fingerprint density at radius 2 is 2.08 bits per heavy atom. The van der Waals surface area contributed by atoms with Gasteiger partial charge in [-0.05, 0) is 31.5 Å². The zero-order valence-corrected chi connectivity index (χ0v) is 7.97. The Bertz CT molecular complexity index is 308. The van der Waals surface area contributed by atoms with E-state index in [1.807, 2.05) is 0 Å². The molecule has 1 rings (SSSR count). The van der Waals surface area contributed by atoms with Crippen molar-refractivity contribution in [2.75, 3.05) is 7.11 Å². The molecule has 1 N–H and O–H groups in total. The molecule has 0 saturated carbocycles. The highest BCUT2D eigenvalue weighted by Gasteiger charge is 2.14. The lowest BCUT2D eigenvalue weighted by molar-refractivity contribution is 0.188. The third kappa shape index (κ3) is 1.98. The van der Waals surface area contributed by atoms with Crippen LogP contribution in [0.4, 0.5) is 4.39 Å². The summed E-state index contributed by atoms with van der Waals surface area (Å²) in [4.78, 5) is 0. The van der Waals surface area contributed by atoms with Crippen LogP contribution >= 0.6 is 0 Å². The number of rotatable bonds is 2. The van der Waals surface area contributed by atoms with Gasteiger partial charge in [-0.2, -0.15) is 0 Å². The van der Waals surface area contributed by atoms with Gasteiger partial charge < -0.3 is 9.84 Å². The summed E-state index contributed by atoms with van der Waals surface area (Å²) in [5.41, 5.74) is 0.992. The summed E-state index contributed by atoms with van der Waals surface area (Å²) in [7, 11) is 1.46. The molecule has 1 atom stereocenters. The molecular formula is C10H13FO2. The summed E-state index contributed by atoms with van der Waals surface area (Å²) in [6.45, 7) is 3.29. The van der Waals surface area contributed by atoms with Crippen molar-refractivity contribution in [3.63, 3.8) is 0 Å². The summed E-state index contributed by atoms with van der Waals surface area (Å²) < 4.78 is 18.3. The van der Waals surface area contributed by atoms with Crippen LogP contribution < -0.4 is 4.74 Å². The Morgan fingerprint density at radius 1 is 1.46 bits per heavy atom. The lowest BCUT2D eigenvalue weighted by Crippen LogP contribution is -2.00. The molecule has 0 amide bonds. The van der Waals surface area contributed by atoms with E-state index >= 15 is 0 Å². The Labute approximate surface area is 77.0 Å². The molecule has 1 aromatic carbocycles. The van der Waals surface area contributed by atoms with Gasteiger partial charge in [-0.15, -0.1) is 0 Å². The quantitative estimate of drug-likeness (QED) is 0.763. The molecule has 72 valence electrons. The second-order valence-corrected chi connectivity index (χ2v) is 3.04. The first-order chi connectivity index (χ1) is 6.06. The predicted molar refractivity (Wildman–Crippen MR) is 48.3 cm³/mol. The standard InChI is InChI=1S/C10H13FO2/c1-6-4-8(11)10(7(2)12)9(5-6)13-3/h4-5,7,12H,1-3H3/t7-/m0/s1. The highest BCUT2D eigenvalue weighted by molar-refractivity contribution is 5.39. The number of ether oxygens (including phenoxy) is 1. The maximum Gasteiger partial charge on any atom is 0.132 e. The van der Waals surface area contributed by atoms with Crippen molar-refractivity contribution >= 4 is 0 Å². The van der Waals surface area contributed by atoms with Crippen molar-refractivity contribution < 1.29 is 14.2 Å². The topological polar surface area (TPSA) is 29.5 Å². The van der Waals surface area contributed by atoms with Gasteiger partial charge in [0.05, 0.1) is 18.8 Å². The minimum absolute atomic E-state index is 0.216. The van der Waals surface area contributed by atoms with Gasteiger partial charge in [0.1, 0.15) is 11.6 Å². The maximum atomic E-state index is 13.3. The third-order valence-electron chi connectivity index (χ3n) is 1.87. The van der Waals surface area contributed by atoms with Gasteiger partial charge in [0, 0.05) is 0 Å². The Balaban J connectivity index is 3.30. The van der Waals surface area contributed by atoms with Gasteiger partial charge in [-0.3, -0.25) is 0 Å². The Kier molecular flexibility index (Phi) is 2.88. The molecule has 2 nitrogen and oxygen atoms in total. The largest absolute Gasteiger partial charge is 0.496 e. The monoisotopic (exact) mass is 184 g/mol. The summed E-state index contributed by atoms with van der Waals surface area (Å²) in [6.07, 6.45) is -0.851. The average Bonchev–Trinajstić information content (AvgIpc) is 2.01. The number of aliphatic hydroxyl groups excluding tert-OH is 1. The Hall–Kier alpha value is -1.09. The maximum absolute atomic E-state index is 13.3. The van der Waals surface area contributed by atoms with Crippen LogP contribution in [0.2, 0.25) is 0 Å². The molecule has 0 fully saturated rings. The van der Waals surface area contributed by atoms with E-state index in [2.05, 4.69) is 0 Å². The zero-order valence-electron chi connectivity index (χ0n) is 7.97. The van der Waals surface area contributed by atoms with Crippen molar-refractivity contribution in [2.45, 2.75) is 20.0 Å². The van der Waals surface area contributed by atoms with Gasteiger partial charge in [-0.25, -0.2) is 4.39 Å².